The second-order valence-electron chi connectivity index (χ2n) is 5.26. The van der Waals surface area contributed by atoms with Crippen LogP contribution in [0.2, 0.25) is 0 Å². The molecule has 0 fully saturated rings. The van der Waals surface area contributed by atoms with Crippen LogP contribution < -0.4 is 10.6 Å². The number of nitrogens with one attached hydrogen (secondary N) is 2. The maximum atomic E-state index is 13.8. The van der Waals surface area contributed by atoms with E-state index in [9.17, 15) is 4.39 Å². The van der Waals surface area contributed by atoms with Crippen molar-refractivity contribution in [3.05, 3.63) is 59.3 Å². The minimum Gasteiger partial charge on any atom is -0.467 e. The fourth-order valence-corrected chi connectivity index (χ4v) is 2.11. The number of rotatable bonds is 8. The van der Waals surface area contributed by atoms with Crippen LogP contribution in [0.5, 0.6) is 0 Å². The number of ether oxygens (including phenoxy) is 1. The van der Waals surface area contributed by atoms with E-state index in [2.05, 4.69) is 15.6 Å². The summed E-state index contributed by atoms with van der Waals surface area (Å²) in [5.41, 5.74) is 0.780. The molecule has 0 amide bonds. The third-order valence-corrected chi connectivity index (χ3v) is 3.43. The number of benzene rings is 1. The van der Waals surface area contributed by atoms with Crippen molar-refractivity contribution >= 4 is 29.9 Å². The Kier molecular flexibility index (Phi) is 10.3. The van der Waals surface area contributed by atoms with Crippen molar-refractivity contribution < 1.29 is 13.5 Å². The summed E-state index contributed by atoms with van der Waals surface area (Å²) in [6.07, 6.45) is 2.42. The lowest BCUT2D eigenvalue weighted by Crippen LogP contribution is -2.37. The first-order valence-electron chi connectivity index (χ1n) is 7.96. The summed E-state index contributed by atoms with van der Waals surface area (Å²) in [5, 5.41) is 14.9. The maximum absolute atomic E-state index is 13.8. The van der Waals surface area contributed by atoms with E-state index < -0.39 is 5.82 Å². The molecule has 2 rings (SSSR count). The molecule has 0 spiro atoms. The van der Waals surface area contributed by atoms with E-state index in [1.54, 1.807) is 25.4 Å². The van der Waals surface area contributed by atoms with Gasteiger partial charge in [-0.2, -0.15) is 5.26 Å². The van der Waals surface area contributed by atoms with Gasteiger partial charge in [-0.3, -0.25) is 4.99 Å². The van der Waals surface area contributed by atoms with Gasteiger partial charge in [0.2, 0.25) is 0 Å². The largest absolute Gasteiger partial charge is 0.467 e. The molecule has 0 unspecified atom stereocenters. The Morgan fingerprint density at radius 1 is 1.35 bits per heavy atom. The monoisotopic (exact) mass is 472 g/mol. The number of nitriles is 1. The van der Waals surface area contributed by atoms with Crippen LogP contribution in [0.25, 0.3) is 0 Å². The Balaban J connectivity index is 0.00000338. The number of aliphatic imine (C=N–C) groups is 1. The first kappa shape index (κ1) is 21.9. The van der Waals surface area contributed by atoms with Crippen LogP contribution in [-0.2, 0) is 17.9 Å². The molecule has 0 aliphatic rings. The highest BCUT2D eigenvalue weighted by Crippen LogP contribution is 2.09. The number of guanidine groups is 1. The molecular formula is C18H22FIN4O2. The number of nitrogens with zero attached hydrogens (tertiary/aromatic N) is 2. The first-order valence-corrected chi connectivity index (χ1v) is 7.96. The summed E-state index contributed by atoms with van der Waals surface area (Å²) < 4.78 is 24.5. The molecule has 1 aromatic heterocycles. The van der Waals surface area contributed by atoms with Gasteiger partial charge in [0, 0.05) is 32.3 Å². The Labute approximate surface area is 169 Å². The van der Waals surface area contributed by atoms with Crippen molar-refractivity contribution in [2.75, 3.05) is 20.2 Å². The Bertz CT molecular complexity index is 729. The van der Waals surface area contributed by atoms with Crippen molar-refractivity contribution in [1.82, 2.24) is 10.6 Å². The molecule has 0 saturated carbocycles. The van der Waals surface area contributed by atoms with Gasteiger partial charge in [-0.25, -0.2) is 4.39 Å². The van der Waals surface area contributed by atoms with Crippen molar-refractivity contribution in [2.24, 2.45) is 4.99 Å². The Morgan fingerprint density at radius 3 is 2.85 bits per heavy atom. The molecule has 8 heteroatoms. The van der Waals surface area contributed by atoms with Crippen LogP contribution in [0.4, 0.5) is 4.39 Å². The van der Waals surface area contributed by atoms with E-state index in [0.717, 1.165) is 12.2 Å². The third-order valence-electron chi connectivity index (χ3n) is 3.43. The molecule has 1 heterocycles. The standard InChI is InChI=1S/C18H21FN4O2.HI/c1-21-18(22-7-3-8-24-13-16-4-2-9-25-16)23-12-15-6-5-14(11-20)10-17(15)19;/h2,4-6,9-10H,3,7-8,12-13H2,1H3,(H2,21,22,23);1H. The zero-order valence-corrected chi connectivity index (χ0v) is 16.8. The fourth-order valence-electron chi connectivity index (χ4n) is 2.11. The van der Waals surface area contributed by atoms with Crippen molar-refractivity contribution in [2.45, 2.75) is 19.6 Å². The van der Waals surface area contributed by atoms with Crippen LogP contribution in [0.15, 0.2) is 46.0 Å². The topological polar surface area (TPSA) is 82.6 Å². The molecule has 6 nitrogen and oxygen atoms in total. The number of furan rings is 1. The van der Waals surface area contributed by atoms with Crippen molar-refractivity contribution in [1.29, 1.82) is 5.26 Å². The average Bonchev–Trinajstić information content (AvgIpc) is 3.14. The summed E-state index contributed by atoms with van der Waals surface area (Å²) in [7, 11) is 1.65. The first-order chi connectivity index (χ1) is 12.2. The zero-order valence-electron chi connectivity index (χ0n) is 14.5. The van der Waals surface area contributed by atoms with Gasteiger partial charge in [0.25, 0.3) is 0 Å². The third kappa shape index (κ3) is 7.41. The van der Waals surface area contributed by atoms with Gasteiger partial charge in [-0.05, 0) is 30.7 Å². The summed E-state index contributed by atoms with van der Waals surface area (Å²) >= 11 is 0. The minimum atomic E-state index is -0.409. The smallest absolute Gasteiger partial charge is 0.191 e. The van der Waals surface area contributed by atoms with Crippen LogP contribution >= 0.6 is 24.0 Å². The quantitative estimate of drug-likeness (QED) is 0.267. The second kappa shape index (κ2) is 12.3. The van der Waals surface area contributed by atoms with Crippen LogP contribution in [0.3, 0.4) is 0 Å². The summed E-state index contributed by atoms with van der Waals surface area (Å²) in [4.78, 5) is 4.09. The lowest BCUT2D eigenvalue weighted by atomic mass is 10.1. The van der Waals surface area contributed by atoms with Gasteiger partial charge in [0.05, 0.1) is 17.9 Å². The van der Waals surface area contributed by atoms with E-state index in [1.807, 2.05) is 18.2 Å². The highest BCUT2D eigenvalue weighted by Gasteiger charge is 2.05. The Morgan fingerprint density at radius 2 is 2.19 bits per heavy atom. The SMILES string of the molecule is CN=C(NCCCOCc1ccco1)NCc1ccc(C#N)cc1F.I. The molecule has 1 aromatic carbocycles. The van der Waals surface area contributed by atoms with Gasteiger partial charge >= 0.3 is 0 Å². The van der Waals surface area contributed by atoms with Crippen molar-refractivity contribution in [3.8, 4) is 6.07 Å². The molecule has 2 N–H and O–H groups in total. The molecular weight excluding hydrogens is 450 g/mol. The van der Waals surface area contributed by atoms with Crippen molar-refractivity contribution in [3.63, 3.8) is 0 Å². The molecule has 0 saturated heterocycles. The summed E-state index contributed by atoms with van der Waals surface area (Å²) in [5.74, 6) is 0.970. The van der Waals surface area contributed by atoms with E-state index >= 15 is 0 Å². The molecule has 2 aromatic rings. The molecule has 140 valence electrons. The Hall–Kier alpha value is -2.12. The predicted molar refractivity (Wildman–Crippen MR) is 108 cm³/mol. The number of hydrogen-bond acceptors (Lipinski definition) is 4. The predicted octanol–water partition coefficient (Wildman–Crippen LogP) is 3.18. The van der Waals surface area contributed by atoms with Gasteiger partial charge in [0.1, 0.15) is 18.2 Å². The molecule has 0 aliphatic carbocycles. The van der Waals surface area contributed by atoms with Gasteiger partial charge in [0.15, 0.2) is 5.96 Å². The van der Waals surface area contributed by atoms with Crippen LogP contribution in [0, 0.1) is 17.1 Å². The lowest BCUT2D eigenvalue weighted by Gasteiger charge is -2.12. The highest BCUT2D eigenvalue weighted by molar-refractivity contribution is 14.0. The van der Waals surface area contributed by atoms with Gasteiger partial charge < -0.3 is 19.8 Å². The number of hydrogen-bond donors (Lipinski definition) is 2. The van der Waals surface area contributed by atoms with Gasteiger partial charge in [-0.15, -0.1) is 24.0 Å². The molecule has 26 heavy (non-hydrogen) atoms. The van der Waals surface area contributed by atoms with Crippen LogP contribution in [0.1, 0.15) is 23.3 Å². The van der Waals surface area contributed by atoms with Gasteiger partial charge in [-0.1, -0.05) is 6.07 Å². The van der Waals surface area contributed by atoms with E-state index in [0.29, 0.717) is 36.8 Å². The molecule has 0 aliphatic heterocycles. The number of halogens is 2. The fraction of sp³-hybridized carbons (Fsp3) is 0.333. The van der Waals surface area contributed by atoms with Crippen LogP contribution in [-0.4, -0.2) is 26.2 Å². The van der Waals surface area contributed by atoms with E-state index in [4.69, 9.17) is 14.4 Å². The normalized spacial score (nSPS) is 10.7. The van der Waals surface area contributed by atoms with E-state index in [-0.39, 0.29) is 30.5 Å². The van der Waals surface area contributed by atoms with E-state index in [1.165, 1.54) is 6.07 Å². The summed E-state index contributed by atoms with van der Waals surface area (Å²) in [6.45, 7) is 2.01. The average molecular weight is 472 g/mol. The zero-order chi connectivity index (χ0) is 17.9. The highest BCUT2D eigenvalue weighted by atomic mass is 127. The second-order valence-corrected chi connectivity index (χ2v) is 5.26. The minimum absolute atomic E-state index is 0. The molecule has 0 bridgehead atoms. The molecule has 0 radical (unpaired) electrons. The maximum Gasteiger partial charge on any atom is 0.191 e. The summed E-state index contributed by atoms with van der Waals surface area (Å²) in [6, 6.07) is 10.0. The molecule has 0 atom stereocenters. The lowest BCUT2D eigenvalue weighted by molar-refractivity contribution is 0.105.